The predicted octanol–water partition coefficient (Wildman–Crippen LogP) is 1.76. The number of nitrogens with zero attached hydrogens (tertiary/aromatic N) is 4. The summed E-state index contributed by atoms with van der Waals surface area (Å²) in [7, 11) is 0. The maximum atomic E-state index is 9.80. The molecule has 114 valence electrons. The average Bonchev–Trinajstić information content (AvgIpc) is 2.99. The van der Waals surface area contributed by atoms with E-state index < -0.39 is 0 Å². The van der Waals surface area contributed by atoms with Gasteiger partial charge >= 0.3 is 0 Å². The maximum absolute atomic E-state index is 9.80. The lowest BCUT2D eigenvalue weighted by Crippen LogP contribution is -2.26. The molecular formula is C16H19N5O. The molecule has 0 spiro atoms. The van der Waals surface area contributed by atoms with E-state index in [9.17, 15) is 5.11 Å². The Morgan fingerprint density at radius 3 is 2.86 bits per heavy atom. The van der Waals surface area contributed by atoms with Gasteiger partial charge in [-0.05, 0) is 31.1 Å². The number of nitrogens with one attached hydrogen (secondary N) is 1. The van der Waals surface area contributed by atoms with Crippen molar-refractivity contribution < 1.29 is 5.11 Å². The van der Waals surface area contributed by atoms with Crippen molar-refractivity contribution in [1.29, 1.82) is 0 Å². The molecule has 2 N–H and O–H groups in total. The lowest BCUT2D eigenvalue weighted by molar-refractivity contribution is 0.168. The minimum Gasteiger partial charge on any atom is -0.396 e. The molecule has 2 bridgehead atoms. The summed E-state index contributed by atoms with van der Waals surface area (Å²) in [5, 5.41) is 13.2. The maximum Gasteiger partial charge on any atom is 0.165 e. The van der Waals surface area contributed by atoms with E-state index in [0.29, 0.717) is 17.9 Å². The Hall–Kier alpha value is -1.95. The standard InChI is InChI=1S/C16H19N5O/c22-6-12-9-1-2-10(5-9)14(12)21-8-19-13-15(20-11-3-4-11)17-7-18-16(13)21/h1-2,7-12,14,22H,3-6H2,(H,17,18,20)/t9-,10+,12-,14-/m1/s1. The van der Waals surface area contributed by atoms with Crippen LogP contribution < -0.4 is 5.32 Å². The Kier molecular flexibility index (Phi) is 2.59. The Balaban J connectivity index is 1.59. The topological polar surface area (TPSA) is 75.9 Å². The molecule has 5 rings (SSSR count). The third kappa shape index (κ3) is 1.73. The summed E-state index contributed by atoms with van der Waals surface area (Å²) in [6.07, 6.45) is 11.6. The fourth-order valence-corrected chi connectivity index (χ4v) is 4.15. The molecule has 0 unspecified atom stereocenters. The molecule has 6 heteroatoms. The van der Waals surface area contributed by atoms with Gasteiger partial charge in [-0.3, -0.25) is 0 Å². The third-order valence-electron chi connectivity index (χ3n) is 5.39. The van der Waals surface area contributed by atoms with Gasteiger partial charge in [0.05, 0.1) is 6.33 Å². The molecule has 0 saturated heterocycles. The Morgan fingerprint density at radius 1 is 1.18 bits per heavy atom. The number of hydrogen-bond donors (Lipinski definition) is 2. The van der Waals surface area contributed by atoms with Gasteiger partial charge in [-0.15, -0.1) is 0 Å². The van der Waals surface area contributed by atoms with Crippen LogP contribution in [0.3, 0.4) is 0 Å². The van der Waals surface area contributed by atoms with Crippen LogP contribution in [0.25, 0.3) is 11.2 Å². The van der Waals surface area contributed by atoms with Crippen LogP contribution in [-0.2, 0) is 0 Å². The van der Waals surface area contributed by atoms with E-state index in [-0.39, 0.29) is 18.6 Å². The van der Waals surface area contributed by atoms with E-state index in [4.69, 9.17) is 0 Å². The second kappa shape index (κ2) is 4.52. The highest BCUT2D eigenvalue weighted by Crippen LogP contribution is 2.51. The molecule has 22 heavy (non-hydrogen) atoms. The molecular weight excluding hydrogens is 278 g/mol. The smallest absolute Gasteiger partial charge is 0.165 e. The first-order valence-corrected chi connectivity index (χ1v) is 8.08. The molecule has 2 saturated carbocycles. The zero-order chi connectivity index (χ0) is 14.7. The number of aliphatic hydroxyl groups is 1. The number of imidazole rings is 1. The molecule has 2 aromatic rings. The Morgan fingerprint density at radius 2 is 2.05 bits per heavy atom. The van der Waals surface area contributed by atoms with E-state index in [2.05, 4.69) is 37.0 Å². The van der Waals surface area contributed by atoms with Gasteiger partial charge in [0.15, 0.2) is 11.5 Å². The number of aromatic nitrogens is 4. The largest absolute Gasteiger partial charge is 0.396 e. The zero-order valence-electron chi connectivity index (χ0n) is 12.3. The molecule has 2 heterocycles. The molecule has 4 atom stereocenters. The van der Waals surface area contributed by atoms with E-state index in [1.165, 1.54) is 12.8 Å². The molecule has 6 nitrogen and oxygen atoms in total. The molecule has 3 aliphatic rings. The normalized spacial score (nSPS) is 33.0. The summed E-state index contributed by atoms with van der Waals surface area (Å²) in [6, 6.07) is 0.799. The van der Waals surface area contributed by atoms with Crippen molar-refractivity contribution in [2.45, 2.75) is 31.3 Å². The minimum atomic E-state index is 0.216. The summed E-state index contributed by atoms with van der Waals surface area (Å²) in [5.74, 6) is 2.07. The second-order valence-corrected chi connectivity index (χ2v) is 6.75. The van der Waals surface area contributed by atoms with Crippen molar-refractivity contribution in [1.82, 2.24) is 19.5 Å². The minimum absolute atomic E-state index is 0.216. The Labute approximate surface area is 128 Å². The van der Waals surface area contributed by atoms with Gasteiger partial charge in [0.25, 0.3) is 0 Å². The van der Waals surface area contributed by atoms with Crippen LogP contribution in [0.15, 0.2) is 24.8 Å². The number of allylic oxidation sites excluding steroid dienone is 2. The summed E-state index contributed by atoms with van der Waals surface area (Å²) in [4.78, 5) is 13.4. The summed E-state index contributed by atoms with van der Waals surface area (Å²) in [5.41, 5.74) is 1.72. The number of aliphatic hydroxyl groups excluding tert-OH is 1. The van der Waals surface area contributed by atoms with Gasteiger partial charge in [0.1, 0.15) is 11.8 Å². The van der Waals surface area contributed by atoms with E-state index in [1.54, 1.807) is 6.33 Å². The second-order valence-electron chi connectivity index (χ2n) is 6.75. The van der Waals surface area contributed by atoms with Crippen LogP contribution in [0.1, 0.15) is 25.3 Å². The molecule has 2 fully saturated rings. The number of fused-ring (bicyclic) bond motifs is 3. The molecule has 2 aromatic heterocycles. The lowest BCUT2D eigenvalue weighted by Gasteiger charge is -2.27. The van der Waals surface area contributed by atoms with Crippen LogP contribution in [0.5, 0.6) is 0 Å². The first kappa shape index (κ1) is 12.6. The first-order valence-electron chi connectivity index (χ1n) is 8.08. The first-order chi connectivity index (χ1) is 10.8. The van der Waals surface area contributed by atoms with Gasteiger partial charge in [-0.2, -0.15) is 0 Å². The molecule has 0 aromatic carbocycles. The highest BCUT2D eigenvalue weighted by molar-refractivity contribution is 5.83. The van der Waals surface area contributed by atoms with Gasteiger partial charge < -0.3 is 15.0 Å². The zero-order valence-corrected chi connectivity index (χ0v) is 12.3. The fraction of sp³-hybridized carbons (Fsp3) is 0.562. The SMILES string of the molecule is OC[C@H]1[C@H](n2cnc3c(NC4CC4)ncnc32)[C@H]2C=C[C@@H]1C2. The van der Waals surface area contributed by atoms with Crippen molar-refractivity contribution in [2.75, 3.05) is 11.9 Å². The van der Waals surface area contributed by atoms with Gasteiger partial charge in [0, 0.05) is 24.6 Å². The van der Waals surface area contributed by atoms with Crippen molar-refractivity contribution in [2.24, 2.45) is 17.8 Å². The highest BCUT2D eigenvalue weighted by atomic mass is 16.3. The average molecular weight is 297 g/mol. The summed E-state index contributed by atoms with van der Waals surface area (Å²) < 4.78 is 2.16. The van der Waals surface area contributed by atoms with Crippen LogP contribution in [-0.4, -0.2) is 37.3 Å². The third-order valence-corrected chi connectivity index (χ3v) is 5.39. The van der Waals surface area contributed by atoms with Crippen molar-refractivity contribution in [3.05, 3.63) is 24.8 Å². The van der Waals surface area contributed by atoms with Crippen molar-refractivity contribution in [3.63, 3.8) is 0 Å². The predicted molar refractivity (Wildman–Crippen MR) is 82.3 cm³/mol. The van der Waals surface area contributed by atoms with Gasteiger partial charge in [-0.1, -0.05) is 12.2 Å². The molecule has 0 radical (unpaired) electrons. The summed E-state index contributed by atoms with van der Waals surface area (Å²) >= 11 is 0. The van der Waals surface area contributed by atoms with Crippen LogP contribution in [0.2, 0.25) is 0 Å². The van der Waals surface area contributed by atoms with Crippen molar-refractivity contribution in [3.8, 4) is 0 Å². The quantitative estimate of drug-likeness (QED) is 0.841. The molecule has 0 amide bonds. The molecule has 3 aliphatic carbocycles. The van der Waals surface area contributed by atoms with Crippen LogP contribution in [0, 0.1) is 17.8 Å². The van der Waals surface area contributed by atoms with Crippen LogP contribution in [0.4, 0.5) is 5.82 Å². The monoisotopic (exact) mass is 297 g/mol. The van der Waals surface area contributed by atoms with Gasteiger partial charge in [-0.25, -0.2) is 15.0 Å². The Bertz CT molecular complexity index is 750. The van der Waals surface area contributed by atoms with E-state index in [1.807, 2.05) is 6.33 Å². The fourth-order valence-electron chi connectivity index (χ4n) is 4.15. The highest BCUT2D eigenvalue weighted by Gasteiger charge is 2.45. The van der Waals surface area contributed by atoms with E-state index in [0.717, 1.165) is 23.4 Å². The van der Waals surface area contributed by atoms with Crippen molar-refractivity contribution >= 4 is 17.0 Å². The van der Waals surface area contributed by atoms with E-state index >= 15 is 0 Å². The van der Waals surface area contributed by atoms with Crippen LogP contribution >= 0.6 is 0 Å². The van der Waals surface area contributed by atoms with Gasteiger partial charge in [0.2, 0.25) is 0 Å². The number of rotatable bonds is 4. The summed E-state index contributed by atoms with van der Waals surface area (Å²) in [6.45, 7) is 0.216. The lowest BCUT2D eigenvalue weighted by atomic mass is 9.89. The number of anilines is 1. The molecule has 0 aliphatic heterocycles. The number of hydrogen-bond acceptors (Lipinski definition) is 5.